The second-order valence-electron chi connectivity index (χ2n) is 11.9. The summed E-state index contributed by atoms with van der Waals surface area (Å²) in [6.07, 6.45) is -3.65. The van der Waals surface area contributed by atoms with Crippen molar-refractivity contribution in [3.05, 3.63) is 134 Å². The fourth-order valence-electron chi connectivity index (χ4n) is 6.20. The summed E-state index contributed by atoms with van der Waals surface area (Å²) in [4.78, 5) is 40.2. The minimum atomic E-state index is -2.98. The van der Waals surface area contributed by atoms with Crippen LogP contribution in [0, 0.1) is 12.8 Å². The van der Waals surface area contributed by atoms with Gasteiger partial charge in [-0.2, -0.15) is 0 Å². The number of nitrogens with one attached hydrogen (secondary N) is 2. The quantitative estimate of drug-likeness (QED) is 0.161. The molecular weight excluding hydrogens is 648 g/mol. The van der Waals surface area contributed by atoms with E-state index in [0.29, 0.717) is 5.75 Å². The van der Waals surface area contributed by atoms with Gasteiger partial charge in [-0.25, -0.2) is 9.18 Å². The summed E-state index contributed by atoms with van der Waals surface area (Å²) in [7, 11) is -1.41. The molecule has 2 heterocycles. The maximum Gasteiger partial charge on any atom is 0.330 e. The van der Waals surface area contributed by atoms with Crippen LogP contribution in [0.5, 0.6) is 5.75 Å². The van der Waals surface area contributed by atoms with Crippen LogP contribution in [0.3, 0.4) is 0 Å². The highest BCUT2D eigenvalue weighted by Crippen LogP contribution is 2.44. The number of quaternary nitrogens is 1. The molecule has 0 spiro atoms. The molecule has 1 saturated heterocycles. The van der Waals surface area contributed by atoms with Gasteiger partial charge in [-0.3, -0.25) is 14.3 Å². The Morgan fingerprint density at radius 3 is 1.92 bits per heavy atom. The van der Waals surface area contributed by atoms with Gasteiger partial charge in [0.25, 0.3) is 5.56 Å². The first kappa shape index (κ1) is 37.8. The molecule has 3 aromatic carbocycles. The molecule has 10 nitrogen and oxygen atoms in total. The van der Waals surface area contributed by atoms with E-state index in [-0.39, 0.29) is 12.2 Å². The highest BCUT2D eigenvalue weighted by atomic mass is 31.1. The zero-order valence-corrected chi connectivity index (χ0v) is 29.5. The lowest BCUT2D eigenvalue weighted by Crippen LogP contribution is -3.11. The fourth-order valence-corrected chi connectivity index (χ4v) is 6.98. The lowest BCUT2D eigenvalue weighted by molar-refractivity contribution is -0.894. The molecule has 1 fully saturated rings. The minimum absolute atomic E-state index is 0.184. The molecule has 1 unspecified atom stereocenters. The first-order chi connectivity index (χ1) is 23.6. The van der Waals surface area contributed by atoms with Crippen LogP contribution in [0.1, 0.15) is 49.3 Å². The molecule has 2 N–H and O–H groups in total. The van der Waals surface area contributed by atoms with Crippen molar-refractivity contribution in [1.29, 1.82) is 0 Å². The van der Waals surface area contributed by atoms with E-state index in [9.17, 15) is 19.0 Å². The maximum atomic E-state index is 15.9. The van der Waals surface area contributed by atoms with Crippen molar-refractivity contribution in [2.75, 3.05) is 39.5 Å². The first-order valence-electron chi connectivity index (χ1n) is 16.6. The Morgan fingerprint density at radius 1 is 0.918 bits per heavy atom. The van der Waals surface area contributed by atoms with Crippen LogP contribution in [-0.2, 0) is 19.6 Å². The van der Waals surface area contributed by atoms with Crippen LogP contribution in [-0.4, -0.2) is 61.3 Å². The molecule has 0 radical (unpaired) electrons. The smallest absolute Gasteiger partial charge is 0.330 e. The van der Waals surface area contributed by atoms with Gasteiger partial charge in [-0.15, -0.1) is 0 Å². The molecule has 49 heavy (non-hydrogen) atoms. The van der Waals surface area contributed by atoms with Gasteiger partial charge in [-0.1, -0.05) is 77.4 Å². The third-order valence-electron chi connectivity index (χ3n) is 9.07. The monoisotopic (exact) mass is 694 g/mol. The lowest BCUT2D eigenvalue weighted by atomic mass is 9.80. The third kappa shape index (κ3) is 8.79. The Labute approximate surface area is 287 Å². The molecule has 0 amide bonds. The van der Waals surface area contributed by atoms with Crippen LogP contribution >= 0.6 is 8.03 Å². The van der Waals surface area contributed by atoms with E-state index in [0.717, 1.165) is 21.3 Å². The number of alkyl halides is 1. The van der Waals surface area contributed by atoms with E-state index >= 15 is 4.39 Å². The number of hydrogen-bond acceptors (Lipinski definition) is 7. The SMILES string of the molecule is CC[NH+](CC)CC.COc1ccc(C(OC[C@H]2O[C@@H](n3cc(C)c(=O)[nH]c3=O)[C@H](F)[C@@H]2C[P+](=O)[O-])(c2ccccc2)c2ccccc2)cc1. The molecule has 0 aliphatic carbocycles. The van der Waals surface area contributed by atoms with Gasteiger partial charge >= 0.3 is 13.7 Å². The van der Waals surface area contributed by atoms with Gasteiger partial charge in [0, 0.05) is 11.8 Å². The second-order valence-corrected chi connectivity index (χ2v) is 13.0. The number of aromatic nitrogens is 2. The summed E-state index contributed by atoms with van der Waals surface area (Å²) in [5, 5.41) is 0. The Kier molecular flexibility index (Phi) is 13.6. The lowest BCUT2D eigenvalue weighted by Gasteiger charge is -2.37. The number of methoxy groups -OCH3 is 1. The van der Waals surface area contributed by atoms with E-state index in [1.54, 1.807) is 12.0 Å². The number of aromatic amines is 1. The largest absolute Gasteiger partial charge is 0.596 e. The van der Waals surface area contributed by atoms with E-state index in [4.69, 9.17) is 14.2 Å². The number of rotatable bonds is 13. The maximum absolute atomic E-state index is 15.9. The average Bonchev–Trinajstić information content (AvgIpc) is 3.42. The van der Waals surface area contributed by atoms with Crippen molar-refractivity contribution in [3.8, 4) is 5.75 Å². The first-order valence-corrected chi connectivity index (χ1v) is 17.9. The molecule has 0 saturated carbocycles. The molecule has 262 valence electrons. The topological polar surface area (TPSA) is 127 Å². The Balaban J connectivity index is 0.000000698. The summed E-state index contributed by atoms with van der Waals surface area (Å²) in [6.45, 7) is 11.8. The van der Waals surface area contributed by atoms with Crippen molar-refractivity contribution in [2.24, 2.45) is 5.92 Å². The van der Waals surface area contributed by atoms with Crippen molar-refractivity contribution in [1.82, 2.24) is 9.55 Å². The average molecular weight is 695 g/mol. The van der Waals surface area contributed by atoms with Crippen molar-refractivity contribution in [2.45, 2.75) is 51.8 Å². The molecule has 12 heteroatoms. The third-order valence-corrected chi connectivity index (χ3v) is 9.79. The normalized spacial score (nSPS) is 19.3. The van der Waals surface area contributed by atoms with E-state index in [2.05, 4.69) is 25.8 Å². The summed E-state index contributed by atoms with van der Waals surface area (Å²) < 4.78 is 46.9. The predicted molar refractivity (Wildman–Crippen MR) is 185 cm³/mol. The Morgan fingerprint density at radius 2 is 1.45 bits per heavy atom. The number of nitrogens with zero attached hydrogens (tertiary/aromatic N) is 1. The van der Waals surface area contributed by atoms with Gasteiger partial charge in [0.2, 0.25) is 0 Å². The zero-order chi connectivity index (χ0) is 35.6. The second kappa shape index (κ2) is 17.6. The fraction of sp³-hybridized carbons (Fsp3) is 0.405. The molecule has 1 aromatic heterocycles. The number of ether oxygens (including phenoxy) is 3. The summed E-state index contributed by atoms with van der Waals surface area (Å²) in [5.41, 5.74) is -0.144. The Hall–Kier alpha value is -3.99. The Bertz CT molecular complexity index is 1700. The number of H-pyrrole nitrogens is 1. The van der Waals surface area contributed by atoms with Crippen LogP contribution in [0.4, 0.5) is 4.39 Å². The van der Waals surface area contributed by atoms with Crippen molar-refractivity contribution in [3.63, 3.8) is 0 Å². The molecule has 4 aromatic rings. The van der Waals surface area contributed by atoms with Crippen molar-refractivity contribution >= 4 is 8.03 Å². The molecule has 1 aliphatic rings. The summed E-state index contributed by atoms with van der Waals surface area (Å²) in [6, 6.07) is 26.4. The molecular formula is C37H46FN3O7P+. The summed E-state index contributed by atoms with van der Waals surface area (Å²) in [5.74, 6) is -0.479. The van der Waals surface area contributed by atoms with Crippen LogP contribution in [0.2, 0.25) is 0 Å². The highest BCUT2D eigenvalue weighted by Gasteiger charge is 2.50. The number of halogens is 1. The van der Waals surface area contributed by atoms with E-state index in [1.165, 1.54) is 32.8 Å². The number of aryl methyl sites for hydroxylation is 1. The van der Waals surface area contributed by atoms with Gasteiger partial charge in [0.05, 0.1) is 45.4 Å². The van der Waals surface area contributed by atoms with Gasteiger partial charge in [0.15, 0.2) is 18.6 Å². The van der Waals surface area contributed by atoms with E-state index in [1.807, 2.05) is 84.9 Å². The van der Waals surface area contributed by atoms with Gasteiger partial charge in [-0.05, 0) is 56.5 Å². The molecule has 1 aliphatic heterocycles. The van der Waals surface area contributed by atoms with E-state index < -0.39 is 55.5 Å². The van der Waals surface area contributed by atoms with Crippen LogP contribution in [0.15, 0.2) is 101 Å². The minimum Gasteiger partial charge on any atom is -0.596 e. The highest BCUT2D eigenvalue weighted by molar-refractivity contribution is 7.36. The van der Waals surface area contributed by atoms with Gasteiger partial charge in [0.1, 0.15) is 11.4 Å². The predicted octanol–water partition coefficient (Wildman–Crippen LogP) is 3.75. The standard InChI is InChI=1S/C31H30FN2O7P.C6H15N/c1-20-17-34(30(36)33-28(20)35)29-27(32)25(19-42(37)38)26(41-29)18-40-31(21-9-5-3-6-10-21,22-11-7-4-8-12-22)23-13-15-24(39-2)16-14-23;1-4-7(5-2)6-3/h3-17,25-27,29H,18-19H2,1-2H3,(H,33,35,36);4-6H2,1-3H3/p+1/t25-,26-,27-,29-;/m1./s1. The van der Waals surface area contributed by atoms with Crippen LogP contribution in [0.25, 0.3) is 0 Å². The number of hydrogen-bond donors (Lipinski definition) is 2. The summed E-state index contributed by atoms with van der Waals surface area (Å²) >= 11 is 0. The molecule has 5 rings (SSSR count). The molecule has 0 bridgehead atoms. The number of benzene rings is 3. The van der Waals surface area contributed by atoms with Crippen molar-refractivity contribution < 1.29 is 33.0 Å². The van der Waals surface area contributed by atoms with Gasteiger partial charge < -0.3 is 24.0 Å². The zero-order valence-electron chi connectivity index (χ0n) is 28.6. The molecule has 5 atom stereocenters. The van der Waals surface area contributed by atoms with Crippen LogP contribution < -0.4 is 25.8 Å².